The van der Waals surface area contributed by atoms with E-state index in [1.54, 1.807) is 26.2 Å². The third-order valence-electron chi connectivity index (χ3n) is 4.92. The van der Waals surface area contributed by atoms with Crippen LogP contribution in [0.1, 0.15) is 32.3 Å². The zero-order chi connectivity index (χ0) is 20.4. The van der Waals surface area contributed by atoms with Gasteiger partial charge in [0, 0.05) is 37.6 Å². The Balaban J connectivity index is 1.82. The first-order valence-electron chi connectivity index (χ1n) is 9.41. The van der Waals surface area contributed by atoms with E-state index in [9.17, 15) is 17.6 Å². The molecule has 2 aromatic rings. The third-order valence-corrected chi connectivity index (χ3v) is 4.92. The average Bonchev–Trinajstić information content (AvgIpc) is 2.63. The second kappa shape index (κ2) is 8.07. The fourth-order valence-corrected chi connectivity index (χ4v) is 3.75. The molecule has 2 heterocycles. The standard InChI is InChI=1S/C21H25F4N3/c1-20(2,22)15-27-12-9-18(10-13-27)28(19-4-3-11-26-14-19)17-7-5-16(6-8-17)21(23,24)25/h3-8,11,14,18H,9-10,12-13,15H2,1-2H3. The van der Waals surface area contributed by atoms with Crippen LogP contribution in [0.25, 0.3) is 0 Å². The van der Waals surface area contributed by atoms with Gasteiger partial charge in [0.2, 0.25) is 0 Å². The van der Waals surface area contributed by atoms with Crippen LogP contribution in [0, 0.1) is 0 Å². The predicted molar refractivity (Wildman–Crippen MR) is 102 cm³/mol. The van der Waals surface area contributed by atoms with Gasteiger partial charge in [-0.2, -0.15) is 13.2 Å². The lowest BCUT2D eigenvalue weighted by Crippen LogP contribution is -2.46. The summed E-state index contributed by atoms with van der Waals surface area (Å²) in [6, 6.07) is 9.06. The summed E-state index contributed by atoms with van der Waals surface area (Å²) in [5.41, 5.74) is -0.372. The maximum absolute atomic E-state index is 13.9. The molecular formula is C21H25F4N3. The lowest BCUT2D eigenvalue weighted by Gasteiger charge is -2.40. The summed E-state index contributed by atoms with van der Waals surface area (Å²) in [6.45, 7) is 5.02. The summed E-state index contributed by atoms with van der Waals surface area (Å²) in [6.07, 6.45) is 0.620. The molecular weight excluding hydrogens is 370 g/mol. The van der Waals surface area contributed by atoms with Crippen LogP contribution in [0.15, 0.2) is 48.8 Å². The van der Waals surface area contributed by atoms with E-state index in [0.29, 0.717) is 12.2 Å². The van der Waals surface area contributed by atoms with Gasteiger partial charge in [-0.25, -0.2) is 4.39 Å². The maximum atomic E-state index is 13.9. The fourth-order valence-electron chi connectivity index (χ4n) is 3.75. The van der Waals surface area contributed by atoms with Gasteiger partial charge in [0.25, 0.3) is 0 Å². The number of nitrogens with zero attached hydrogens (tertiary/aromatic N) is 3. The van der Waals surface area contributed by atoms with Gasteiger partial charge in [-0.05, 0) is 63.1 Å². The predicted octanol–water partition coefficient (Wildman–Crippen LogP) is 5.45. The molecule has 1 aliphatic rings. The highest BCUT2D eigenvalue weighted by Crippen LogP contribution is 2.35. The van der Waals surface area contributed by atoms with E-state index in [1.807, 2.05) is 17.0 Å². The average molecular weight is 395 g/mol. The minimum Gasteiger partial charge on any atom is -0.337 e. The molecule has 7 heteroatoms. The molecule has 0 bridgehead atoms. The molecule has 1 fully saturated rings. The van der Waals surface area contributed by atoms with Crippen LogP contribution in [0.5, 0.6) is 0 Å². The van der Waals surface area contributed by atoms with E-state index >= 15 is 0 Å². The summed E-state index contributed by atoms with van der Waals surface area (Å²) < 4.78 is 52.7. The van der Waals surface area contributed by atoms with Gasteiger partial charge >= 0.3 is 6.18 Å². The van der Waals surface area contributed by atoms with E-state index in [-0.39, 0.29) is 6.04 Å². The molecule has 28 heavy (non-hydrogen) atoms. The Morgan fingerprint density at radius 2 is 1.64 bits per heavy atom. The van der Waals surface area contributed by atoms with Crippen LogP contribution in [0.2, 0.25) is 0 Å². The first-order valence-corrected chi connectivity index (χ1v) is 9.41. The number of benzene rings is 1. The van der Waals surface area contributed by atoms with Crippen molar-refractivity contribution in [3.63, 3.8) is 0 Å². The van der Waals surface area contributed by atoms with Gasteiger partial charge in [-0.3, -0.25) is 4.98 Å². The second-order valence-corrected chi connectivity index (χ2v) is 7.85. The molecule has 0 radical (unpaired) electrons. The normalized spacial score (nSPS) is 16.9. The minimum atomic E-state index is -4.36. The van der Waals surface area contributed by atoms with Crippen molar-refractivity contribution >= 4 is 11.4 Å². The zero-order valence-corrected chi connectivity index (χ0v) is 16.1. The summed E-state index contributed by atoms with van der Waals surface area (Å²) in [4.78, 5) is 8.31. The maximum Gasteiger partial charge on any atom is 0.416 e. The van der Waals surface area contributed by atoms with E-state index in [1.165, 1.54) is 12.1 Å². The van der Waals surface area contributed by atoms with Crippen molar-refractivity contribution < 1.29 is 17.6 Å². The summed E-state index contributed by atoms with van der Waals surface area (Å²) in [5.74, 6) is 0. The summed E-state index contributed by atoms with van der Waals surface area (Å²) >= 11 is 0. The SMILES string of the molecule is CC(C)(F)CN1CCC(N(c2ccc(C(F)(F)F)cc2)c2cccnc2)CC1. The Bertz CT molecular complexity index is 746. The highest BCUT2D eigenvalue weighted by Gasteiger charge is 2.32. The lowest BCUT2D eigenvalue weighted by molar-refractivity contribution is -0.137. The zero-order valence-electron chi connectivity index (χ0n) is 16.1. The molecule has 1 saturated heterocycles. The molecule has 1 aromatic carbocycles. The molecule has 0 atom stereocenters. The van der Waals surface area contributed by atoms with E-state index in [0.717, 1.165) is 43.8 Å². The van der Waals surface area contributed by atoms with Crippen LogP contribution < -0.4 is 4.90 Å². The number of halogens is 4. The van der Waals surface area contributed by atoms with Crippen LogP contribution in [-0.4, -0.2) is 41.2 Å². The summed E-state index contributed by atoms with van der Waals surface area (Å²) in [7, 11) is 0. The molecule has 0 amide bonds. The van der Waals surface area contributed by atoms with E-state index < -0.39 is 17.4 Å². The van der Waals surface area contributed by atoms with Crippen molar-refractivity contribution in [1.82, 2.24) is 9.88 Å². The van der Waals surface area contributed by atoms with Crippen molar-refractivity contribution in [2.24, 2.45) is 0 Å². The van der Waals surface area contributed by atoms with Crippen molar-refractivity contribution in [1.29, 1.82) is 0 Å². The van der Waals surface area contributed by atoms with Crippen LogP contribution in [0.4, 0.5) is 28.9 Å². The molecule has 0 saturated carbocycles. The molecule has 1 aromatic heterocycles. The monoisotopic (exact) mass is 395 g/mol. The van der Waals surface area contributed by atoms with E-state index in [4.69, 9.17) is 0 Å². The molecule has 0 unspecified atom stereocenters. The van der Waals surface area contributed by atoms with Gasteiger partial charge < -0.3 is 9.80 Å². The van der Waals surface area contributed by atoms with Gasteiger partial charge in [0.05, 0.1) is 17.4 Å². The summed E-state index contributed by atoms with van der Waals surface area (Å²) in [5, 5.41) is 0. The molecule has 3 nitrogen and oxygen atoms in total. The molecule has 3 rings (SSSR count). The number of aromatic nitrogens is 1. The number of hydrogen-bond acceptors (Lipinski definition) is 3. The Kier molecular flexibility index (Phi) is 5.93. The van der Waals surface area contributed by atoms with Crippen molar-refractivity contribution in [2.75, 3.05) is 24.5 Å². The molecule has 0 spiro atoms. The van der Waals surface area contributed by atoms with Gasteiger partial charge in [-0.15, -0.1) is 0 Å². The van der Waals surface area contributed by atoms with Gasteiger partial charge in [-0.1, -0.05) is 0 Å². The fraction of sp³-hybridized carbons (Fsp3) is 0.476. The quantitative estimate of drug-likeness (QED) is 0.628. The highest BCUT2D eigenvalue weighted by atomic mass is 19.4. The number of pyridine rings is 1. The van der Waals surface area contributed by atoms with Crippen molar-refractivity contribution in [2.45, 2.75) is 44.6 Å². The first-order chi connectivity index (χ1) is 13.1. The molecule has 0 aliphatic carbocycles. The lowest BCUT2D eigenvalue weighted by atomic mass is 9.99. The Labute approximate surface area is 163 Å². The Morgan fingerprint density at radius 1 is 1.00 bits per heavy atom. The van der Waals surface area contributed by atoms with Crippen molar-refractivity contribution in [3.8, 4) is 0 Å². The van der Waals surface area contributed by atoms with Crippen LogP contribution >= 0.6 is 0 Å². The number of rotatable bonds is 5. The molecule has 1 aliphatic heterocycles. The second-order valence-electron chi connectivity index (χ2n) is 7.85. The topological polar surface area (TPSA) is 19.4 Å². The van der Waals surface area contributed by atoms with Gasteiger partial charge in [0.15, 0.2) is 0 Å². The Hall–Kier alpha value is -2.15. The van der Waals surface area contributed by atoms with E-state index in [2.05, 4.69) is 9.88 Å². The third kappa shape index (κ3) is 5.22. The number of hydrogen-bond donors (Lipinski definition) is 0. The minimum absolute atomic E-state index is 0.111. The van der Waals surface area contributed by atoms with Crippen LogP contribution in [0.3, 0.4) is 0 Å². The van der Waals surface area contributed by atoms with Crippen molar-refractivity contribution in [3.05, 3.63) is 54.4 Å². The highest BCUT2D eigenvalue weighted by molar-refractivity contribution is 5.63. The smallest absolute Gasteiger partial charge is 0.337 e. The number of piperidine rings is 1. The first kappa shape index (κ1) is 20.6. The number of anilines is 2. The van der Waals surface area contributed by atoms with Gasteiger partial charge in [0.1, 0.15) is 5.67 Å². The van der Waals surface area contributed by atoms with Crippen LogP contribution in [-0.2, 0) is 6.18 Å². The Morgan fingerprint density at radius 3 is 2.14 bits per heavy atom. The molecule has 0 N–H and O–H groups in total. The number of alkyl halides is 4. The largest absolute Gasteiger partial charge is 0.416 e. The molecule has 152 valence electrons. The number of likely N-dealkylation sites (tertiary alicyclic amines) is 1.